The highest BCUT2D eigenvalue weighted by molar-refractivity contribution is 5.94. The molecule has 2 aromatic rings. The second kappa shape index (κ2) is 6.32. The van der Waals surface area contributed by atoms with Crippen molar-refractivity contribution in [3.05, 3.63) is 48.8 Å². The summed E-state index contributed by atoms with van der Waals surface area (Å²) >= 11 is 0. The number of hydrogen-bond donors (Lipinski definition) is 1. The monoisotopic (exact) mass is 284 g/mol. The van der Waals surface area contributed by atoms with E-state index in [4.69, 9.17) is 4.74 Å². The highest BCUT2D eigenvalue weighted by Gasteiger charge is 2.27. The molecule has 0 radical (unpaired) electrons. The van der Waals surface area contributed by atoms with Crippen molar-refractivity contribution >= 4 is 17.5 Å². The van der Waals surface area contributed by atoms with E-state index in [1.54, 1.807) is 18.5 Å². The van der Waals surface area contributed by atoms with Crippen molar-refractivity contribution in [2.75, 3.05) is 29.9 Å². The lowest BCUT2D eigenvalue weighted by molar-refractivity contribution is -0.128. The van der Waals surface area contributed by atoms with Crippen LogP contribution in [0.3, 0.4) is 0 Å². The average molecular weight is 284 g/mol. The van der Waals surface area contributed by atoms with E-state index in [0.29, 0.717) is 25.6 Å². The number of morpholine rings is 1. The number of anilines is 2. The molecule has 0 bridgehead atoms. The highest BCUT2D eigenvalue weighted by Crippen LogP contribution is 2.14. The smallest absolute Gasteiger partial charge is 0.255 e. The van der Waals surface area contributed by atoms with Crippen LogP contribution in [0, 0.1) is 0 Å². The summed E-state index contributed by atoms with van der Waals surface area (Å²) in [5.74, 6) is 0.472. The third-order valence-corrected chi connectivity index (χ3v) is 3.24. The number of carbonyl (C=O) groups excluding carboxylic acids is 1. The van der Waals surface area contributed by atoms with Gasteiger partial charge in [0.1, 0.15) is 0 Å². The van der Waals surface area contributed by atoms with Crippen molar-refractivity contribution in [3.63, 3.8) is 0 Å². The standard InChI is InChI=1S/C15H16N4O2/c20-14(18-12-5-2-1-3-6-12)13-11-19(9-10-21-13)15-16-7-4-8-17-15/h1-8,13H,9-11H2,(H,18,20). The predicted octanol–water partition coefficient (Wildman–Crippen LogP) is 1.32. The lowest BCUT2D eigenvalue weighted by atomic mass is 10.2. The molecular formula is C15H16N4O2. The van der Waals surface area contributed by atoms with Crippen LogP contribution in [0.5, 0.6) is 0 Å². The maximum absolute atomic E-state index is 12.2. The Kier molecular flexibility index (Phi) is 4.07. The third-order valence-electron chi connectivity index (χ3n) is 3.24. The molecule has 1 unspecified atom stereocenters. The maximum atomic E-state index is 12.2. The number of nitrogens with one attached hydrogen (secondary N) is 1. The zero-order valence-electron chi connectivity index (χ0n) is 11.5. The normalized spacial score (nSPS) is 18.3. The van der Waals surface area contributed by atoms with Crippen LogP contribution in [-0.2, 0) is 9.53 Å². The second-order valence-electron chi connectivity index (χ2n) is 4.71. The van der Waals surface area contributed by atoms with Gasteiger partial charge in [0.15, 0.2) is 6.10 Å². The summed E-state index contributed by atoms with van der Waals surface area (Å²) in [4.78, 5) is 22.6. The summed E-state index contributed by atoms with van der Waals surface area (Å²) in [6, 6.07) is 11.1. The molecule has 1 amide bonds. The molecule has 1 fully saturated rings. The largest absolute Gasteiger partial charge is 0.365 e. The fraction of sp³-hybridized carbons (Fsp3) is 0.267. The van der Waals surface area contributed by atoms with Gasteiger partial charge >= 0.3 is 0 Å². The molecule has 1 aliphatic heterocycles. The van der Waals surface area contributed by atoms with Crippen molar-refractivity contribution in [1.82, 2.24) is 9.97 Å². The molecule has 3 rings (SSSR count). The van der Waals surface area contributed by atoms with Crippen LogP contribution < -0.4 is 10.2 Å². The van der Waals surface area contributed by atoms with Gasteiger partial charge in [0.2, 0.25) is 5.95 Å². The van der Waals surface area contributed by atoms with Crippen LogP contribution in [0.4, 0.5) is 11.6 Å². The van der Waals surface area contributed by atoms with Crippen molar-refractivity contribution in [3.8, 4) is 0 Å². The van der Waals surface area contributed by atoms with Crippen molar-refractivity contribution in [1.29, 1.82) is 0 Å². The third kappa shape index (κ3) is 3.35. The average Bonchev–Trinajstić information content (AvgIpc) is 2.57. The fourth-order valence-electron chi connectivity index (χ4n) is 2.19. The van der Waals surface area contributed by atoms with Crippen LogP contribution in [0.1, 0.15) is 0 Å². The Bertz CT molecular complexity index is 591. The fourth-order valence-corrected chi connectivity index (χ4v) is 2.19. The lowest BCUT2D eigenvalue weighted by Crippen LogP contribution is -2.48. The SMILES string of the molecule is O=C(Nc1ccccc1)C1CN(c2ncccn2)CCO1. The van der Waals surface area contributed by atoms with Gasteiger partial charge in [0, 0.05) is 24.6 Å². The molecule has 1 atom stereocenters. The molecule has 0 aliphatic carbocycles. The van der Waals surface area contributed by atoms with Crippen molar-refractivity contribution < 1.29 is 9.53 Å². The van der Waals surface area contributed by atoms with E-state index >= 15 is 0 Å². The Balaban J connectivity index is 1.64. The van der Waals surface area contributed by atoms with Gasteiger partial charge in [-0.15, -0.1) is 0 Å². The lowest BCUT2D eigenvalue weighted by Gasteiger charge is -2.32. The van der Waals surface area contributed by atoms with Crippen LogP contribution >= 0.6 is 0 Å². The van der Waals surface area contributed by atoms with E-state index in [1.165, 1.54) is 0 Å². The van der Waals surface area contributed by atoms with E-state index in [0.717, 1.165) is 5.69 Å². The molecule has 21 heavy (non-hydrogen) atoms. The quantitative estimate of drug-likeness (QED) is 0.920. The Morgan fingerprint density at radius 2 is 1.95 bits per heavy atom. The zero-order valence-corrected chi connectivity index (χ0v) is 11.5. The first-order chi connectivity index (χ1) is 10.3. The molecule has 0 saturated carbocycles. The summed E-state index contributed by atoms with van der Waals surface area (Å²) in [5, 5.41) is 2.85. The number of nitrogens with zero attached hydrogens (tertiary/aromatic N) is 3. The molecule has 108 valence electrons. The van der Waals surface area contributed by atoms with Crippen molar-refractivity contribution in [2.24, 2.45) is 0 Å². The van der Waals surface area contributed by atoms with E-state index in [1.807, 2.05) is 35.2 Å². The Labute approximate surface area is 122 Å². The first-order valence-corrected chi connectivity index (χ1v) is 6.82. The van der Waals surface area contributed by atoms with Gasteiger partial charge in [0.05, 0.1) is 13.2 Å². The van der Waals surface area contributed by atoms with Crippen LogP contribution in [0.15, 0.2) is 48.8 Å². The van der Waals surface area contributed by atoms with E-state index in [9.17, 15) is 4.79 Å². The number of ether oxygens (including phenoxy) is 1. The van der Waals surface area contributed by atoms with Gasteiger partial charge in [-0.1, -0.05) is 18.2 Å². The highest BCUT2D eigenvalue weighted by atomic mass is 16.5. The number of rotatable bonds is 3. The summed E-state index contributed by atoms with van der Waals surface area (Å²) in [5.41, 5.74) is 0.763. The number of amides is 1. The first kappa shape index (κ1) is 13.5. The summed E-state index contributed by atoms with van der Waals surface area (Å²) < 4.78 is 5.55. The van der Waals surface area contributed by atoms with Crippen LogP contribution in [0.2, 0.25) is 0 Å². The molecule has 1 saturated heterocycles. The predicted molar refractivity (Wildman–Crippen MR) is 79.1 cm³/mol. The number of hydrogen-bond acceptors (Lipinski definition) is 5. The van der Waals surface area contributed by atoms with Gasteiger partial charge in [-0.2, -0.15) is 0 Å². The number of aromatic nitrogens is 2. The molecule has 1 N–H and O–H groups in total. The first-order valence-electron chi connectivity index (χ1n) is 6.82. The molecule has 6 heteroatoms. The second-order valence-corrected chi connectivity index (χ2v) is 4.71. The summed E-state index contributed by atoms with van der Waals surface area (Å²) in [6.07, 6.45) is 2.86. The molecule has 1 aromatic carbocycles. The molecule has 1 aliphatic rings. The summed E-state index contributed by atoms with van der Waals surface area (Å²) in [6.45, 7) is 1.60. The maximum Gasteiger partial charge on any atom is 0.255 e. The van der Waals surface area contributed by atoms with E-state index in [-0.39, 0.29) is 5.91 Å². The van der Waals surface area contributed by atoms with Gasteiger partial charge in [-0.3, -0.25) is 4.79 Å². The number of carbonyl (C=O) groups is 1. The molecule has 0 spiro atoms. The van der Waals surface area contributed by atoms with E-state index < -0.39 is 6.10 Å². The molecular weight excluding hydrogens is 268 g/mol. The molecule has 1 aromatic heterocycles. The van der Waals surface area contributed by atoms with Gasteiger partial charge < -0.3 is 15.0 Å². The minimum absolute atomic E-state index is 0.151. The summed E-state index contributed by atoms with van der Waals surface area (Å²) in [7, 11) is 0. The van der Waals surface area contributed by atoms with Gasteiger partial charge in [-0.05, 0) is 18.2 Å². The molecule has 6 nitrogen and oxygen atoms in total. The van der Waals surface area contributed by atoms with E-state index in [2.05, 4.69) is 15.3 Å². The Hall–Kier alpha value is -2.47. The minimum Gasteiger partial charge on any atom is -0.365 e. The molecule has 2 heterocycles. The van der Waals surface area contributed by atoms with Crippen molar-refractivity contribution in [2.45, 2.75) is 6.10 Å². The number of para-hydroxylation sites is 1. The topological polar surface area (TPSA) is 67.4 Å². The Morgan fingerprint density at radius 3 is 2.71 bits per heavy atom. The minimum atomic E-state index is -0.525. The van der Waals surface area contributed by atoms with Crippen LogP contribution in [0.25, 0.3) is 0 Å². The van der Waals surface area contributed by atoms with Gasteiger partial charge in [-0.25, -0.2) is 9.97 Å². The van der Waals surface area contributed by atoms with Gasteiger partial charge in [0.25, 0.3) is 5.91 Å². The van der Waals surface area contributed by atoms with Crippen LogP contribution in [-0.4, -0.2) is 41.7 Å². The zero-order chi connectivity index (χ0) is 14.5. The number of benzene rings is 1. The Morgan fingerprint density at radius 1 is 1.19 bits per heavy atom.